The highest BCUT2D eigenvalue weighted by Crippen LogP contribution is 2.44. The minimum absolute atomic E-state index is 0.638. The second-order valence-corrected chi connectivity index (χ2v) is 10.9. The Morgan fingerprint density at radius 1 is 0.632 bits per heavy atom. The molecule has 0 radical (unpaired) electrons. The van der Waals surface area contributed by atoms with E-state index in [9.17, 15) is 0 Å². The van der Waals surface area contributed by atoms with Crippen molar-refractivity contribution in [2.24, 2.45) is 0 Å². The van der Waals surface area contributed by atoms with Gasteiger partial charge >= 0.3 is 0 Å². The number of hydrogen-bond acceptors (Lipinski definition) is 0. The van der Waals surface area contributed by atoms with Crippen molar-refractivity contribution in [1.82, 2.24) is 0 Å². The van der Waals surface area contributed by atoms with Gasteiger partial charge in [-0.3, -0.25) is 0 Å². The van der Waals surface area contributed by atoms with Gasteiger partial charge < -0.3 is 0 Å². The van der Waals surface area contributed by atoms with Crippen molar-refractivity contribution in [3.63, 3.8) is 0 Å². The van der Waals surface area contributed by atoms with E-state index in [-0.39, 0.29) is 0 Å². The van der Waals surface area contributed by atoms with Crippen LogP contribution < -0.4 is 0 Å². The molecule has 19 heavy (non-hydrogen) atoms. The van der Waals surface area contributed by atoms with E-state index in [1.54, 1.807) is 0 Å². The number of benzene rings is 2. The first-order valence-corrected chi connectivity index (χ1v) is 10.1. The van der Waals surface area contributed by atoms with Gasteiger partial charge in [-0.1, -0.05) is 85.9 Å². The third-order valence-corrected chi connectivity index (χ3v) is 8.67. The molecule has 0 aliphatic carbocycles. The van der Waals surface area contributed by atoms with Gasteiger partial charge in [-0.15, -0.1) is 0 Å². The summed E-state index contributed by atoms with van der Waals surface area (Å²) >= 11 is 0. The van der Waals surface area contributed by atoms with Gasteiger partial charge in [0.05, 0.1) is 8.07 Å². The lowest BCUT2D eigenvalue weighted by molar-refractivity contribution is 1.09. The maximum Gasteiger partial charge on any atom is 0.0714 e. The fraction of sp³-hybridized carbons (Fsp3) is 0.222. The Kier molecular flexibility index (Phi) is 3.15. The van der Waals surface area contributed by atoms with Crippen LogP contribution in [-0.4, -0.2) is 8.07 Å². The van der Waals surface area contributed by atoms with Gasteiger partial charge in [-0.2, -0.15) is 0 Å². The predicted octanol–water partition coefficient (Wildman–Crippen LogP) is 4.91. The second kappa shape index (κ2) is 4.82. The van der Waals surface area contributed by atoms with Crippen molar-refractivity contribution in [3.05, 3.63) is 83.9 Å². The lowest BCUT2D eigenvalue weighted by Gasteiger charge is -2.32. The molecule has 2 atom stereocenters. The van der Waals surface area contributed by atoms with Crippen molar-refractivity contribution in [1.29, 1.82) is 0 Å². The van der Waals surface area contributed by atoms with Crippen LogP contribution in [0.2, 0.25) is 13.1 Å². The molecule has 1 aliphatic heterocycles. The molecule has 2 aromatic carbocycles. The summed E-state index contributed by atoms with van der Waals surface area (Å²) in [7, 11) is -1.39. The van der Waals surface area contributed by atoms with E-state index in [4.69, 9.17) is 0 Å². The van der Waals surface area contributed by atoms with Crippen molar-refractivity contribution < 1.29 is 0 Å². The molecular weight excluding hydrogens is 244 g/mol. The van der Waals surface area contributed by atoms with Crippen LogP contribution >= 0.6 is 0 Å². The molecule has 0 nitrogen and oxygen atoms in total. The molecule has 2 aromatic rings. The molecule has 0 saturated carbocycles. The Morgan fingerprint density at radius 3 is 1.37 bits per heavy atom. The first-order chi connectivity index (χ1) is 9.19. The van der Waals surface area contributed by atoms with E-state index in [0.29, 0.717) is 11.1 Å². The SMILES string of the molecule is C[Si]1(C)[C@@H](c2ccccc2)C=C[C@@H]1c1ccccc1. The van der Waals surface area contributed by atoms with Gasteiger partial charge in [-0.05, 0) is 22.2 Å². The highest BCUT2D eigenvalue weighted by atomic mass is 28.3. The van der Waals surface area contributed by atoms with Gasteiger partial charge in [0.1, 0.15) is 0 Å². The molecule has 0 bridgehead atoms. The Hall–Kier alpha value is -1.60. The van der Waals surface area contributed by atoms with Crippen LogP contribution in [0.1, 0.15) is 22.2 Å². The van der Waals surface area contributed by atoms with Crippen LogP contribution in [0.3, 0.4) is 0 Å². The average molecular weight is 264 g/mol. The Bertz CT molecular complexity index is 518. The van der Waals surface area contributed by atoms with Gasteiger partial charge in [0.2, 0.25) is 0 Å². The van der Waals surface area contributed by atoms with Gasteiger partial charge in [0.15, 0.2) is 0 Å². The Balaban J connectivity index is 1.95. The normalized spacial score (nSPS) is 24.5. The fourth-order valence-electron chi connectivity index (χ4n) is 3.31. The molecule has 0 N–H and O–H groups in total. The molecule has 3 rings (SSSR count). The first-order valence-electron chi connectivity index (χ1n) is 6.98. The summed E-state index contributed by atoms with van der Waals surface area (Å²) in [5.41, 5.74) is 4.24. The van der Waals surface area contributed by atoms with Crippen molar-refractivity contribution in [3.8, 4) is 0 Å². The molecule has 0 spiro atoms. The van der Waals surface area contributed by atoms with E-state index < -0.39 is 8.07 Å². The van der Waals surface area contributed by atoms with Crippen LogP contribution in [-0.2, 0) is 0 Å². The molecule has 0 unspecified atom stereocenters. The average Bonchev–Trinajstić information content (AvgIpc) is 2.76. The molecule has 0 fully saturated rings. The van der Waals surface area contributed by atoms with Crippen LogP contribution in [0.5, 0.6) is 0 Å². The van der Waals surface area contributed by atoms with Crippen LogP contribution in [0.4, 0.5) is 0 Å². The minimum Gasteiger partial charge on any atom is -0.0834 e. The summed E-state index contributed by atoms with van der Waals surface area (Å²) in [6, 6.07) is 21.9. The van der Waals surface area contributed by atoms with Crippen molar-refractivity contribution in [2.45, 2.75) is 24.2 Å². The topological polar surface area (TPSA) is 0 Å². The molecule has 0 aromatic heterocycles. The zero-order valence-electron chi connectivity index (χ0n) is 11.6. The smallest absolute Gasteiger partial charge is 0.0714 e. The van der Waals surface area contributed by atoms with Crippen molar-refractivity contribution in [2.75, 3.05) is 0 Å². The zero-order chi connectivity index (χ0) is 13.3. The van der Waals surface area contributed by atoms with Crippen LogP contribution in [0.15, 0.2) is 72.8 Å². The molecule has 1 aliphatic rings. The standard InChI is InChI=1S/C18H20Si/c1-19(2)17(15-9-5-3-6-10-15)13-14-18(19)16-11-7-4-8-12-16/h3-14,17-18H,1-2H3/t17-,18-/m1/s1. The maximum absolute atomic E-state index is 2.52. The van der Waals surface area contributed by atoms with E-state index in [2.05, 4.69) is 85.9 Å². The number of rotatable bonds is 2. The third kappa shape index (κ3) is 2.19. The van der Waals surface area contributed by atoms with Crippen LogP contribution in [0, 0.1) is 0 Å². The second-order valence-electron chi connectivity index (χ2n) is 5.98. The molecule has 1 heteroatoms. The summed E-state index contributed by atoms with van der Waals surface area (Å²) in [5.74, 6) is 0. The summed E-state index contributed by atoms with van der Waals surface area (Å²) in [4.78, 5) is 0. The van der Waals surface area contributed by atoms with E-state index >= 15 is 0 Å². The largest absolute Gasteiger partial charge is 0.0834 e. The fourth-order valence-corrected chi connectivity index (χ4v) is 7.02. The number of hydrogen-bond donors (Lipinski definition) is 0. The zero-order valence-corrected chi connectivity index (χ0v) is 12.6. The molecule has 1 heterocycles. The third-order valence-electron chi connectivity index (χ3n) is 4.42. The minimum atomic E-state index is -1.39. The summed E-state index contributed by atoms with van der Waals surface area (Å²) < 4.78 is 0. The quantitative estimate of drug-likeness (QED) is 0.534. The highest BCUT2D eigenvalue weighted by Gasteiger charge is 2.42. The molecule has 0 saturated heterocycles. The van der Waals surface area contributed by atoms with Gasteiger partial charge in [0, 0.05) is 0 Å². The molecule has 96 valence electrons. The highest BCUT2D eigenvalue weighted by molar-refractivity contribution is 6.81. The first kappa shape index (κ1) is 12.4. The predicted molar refractivity (Wildman–Crippen MR) is 85.0 cm³/mol. The van der Waals surface area contributed by atoms with Crippen molar-refractivity contribution >= 4 is 8.07 Å². The lowest BCUT2D eigenvalue weighted by Crippen LogP contribution is -2.37. The Morgan fingerprint density at radius 2 is 1.00 bits per heavy atom. The number of allylic oxidation sites excluding steroid dienone is 2. The summed E-state index contributed by atoms with van der Waals surface area (Å²) in [6.45, 7) is 5.03. The van der Waals surface area contributed by atoms with E-state index in [0.717, 1.165) is 0 Å². The molecule has 0 amide bonds. The van der Waals surface area contributed by atoms with Gasteiger partial charge in [-0.25, -0.2) is 0 Å². The summed E-state index contributed by atoms with van der Waals surface area (Å²) in [5, 5.41) is 0. The van der Waals surface area contributed by atoms with Gasteiger partial charge in [0.25, 0.3) is 0 Å². The monoisotopic (exact) mass is 264 g/mol. The lowest BCUT2D eigenvalue weighted by atomic mass is 10.1. The van der Waals surface area contributed by atoms with E-state index in [1.807, 2.05) is 0 Å². The maximum atomic E-state index is 2.52. The summed E-state index contributed by atoms with van der Waals surface area (Å²) in [6.07, 6.45) is 4.89. The van der Waals surface area contributed by atoms with E-state index in [1.165, 1.54) is 11.1 Å². The van der Waals surface area contributed by atoms with Crippen LogP contribution in [0.25, 0.3) is 0 Å². The Labute approximate surface area is 116 Å². The molecular formula is C18H20Si.